The van der Waals surface area contributed by atoms with Gasteiger partial charge in [0.05, 0.1) is 17.1 Å². The van der Waals surface area contributed by atoms with Crippen molar-refractivity contribution < 1.29 is 22.7 Å². The Morgan fingerprint density at radius 3 is 2.27 bits per heavy atom. The van der Waals surface area contributed by atoms with Crippen LogP contribution in [0.5, 0.6) is 5.75 Å². The van der Waals surface area contributed by atoms with E-state index in [1.165, 1.54) is 0 Å². The van der Waals surface area contributed by atoms with Crippen molar-refractivity contribution in [3.63, 3.8) is 0 Å². The number of hydrogen-bond donors (Lipinski definition) is 2. The lowest BCUT2D eigenvalue weighted by molar-refractivity contribution is -0.128. The normalized spacial score (nSPS) is 17.4. The molecule has 1 saturated carbocycles. The number of rotatable bonds is 10. The van der Waals surface area contributed by atoms with Crippen molar-refractivity contribution in [2.75, 3.05) is 18.0 Å². The molecule has 5 rings (SSSR count). The maximum Gasteiger partial charge on any atom is 0.262 e. The average molecular weight is 576 g/mol. The minimum absolute atomic E-state index is 0.00258. The van der Waals surface area contributed by atoms with Crippen LogP contribution in [-0.4, -0.2) is 45.5 Å². The molecule has 216 valence electrons. The summed E-state index contributed by atoms with van der Waals surface area (Å²) in [6, 6.07) is 23.9. The number of amides is 2. The van der Waals surface area contributed by atoms with Gasteiger partial charge in [-0.2, -0.15) is 0 Å². The van der Waals surface area contributed by atoms with Gasteiger partial charge in [-0.3, -0.25) is 9.59 Å². The van der Waals surface area contributed by atoms with Gasteiger partial charge in [0.15, 0.2) is 6.10 Å². The Morgan fingerprint density at radius 2 is 1.51 bits per heavy atom. The highest BCUT2D eigenvalue weighted by Gasteiger charge is 2.33. The molecule has 0 spiro atoms. The fourth-order valence-electron chi connectivity index (χ4n) is 5.43. The highest BCUT2D eigenvalue weighted by atomic mass is 32.2. The van der Waals surface area contributed by atoms with Gasteiger partial charge in [-0.25, -0.2) is 13.1 Å². The first-order valence-corrected chi connectivity index (χ1v) is 15.9. The number of sulfonamides is 1. The molecule has 0 saturated heterocycles. The number of nitrogens with zero attached hydrogens (tertiary/aromatic N) is 1. The molecule has 41 heavy (non-hydrogen) atoms. The van der Waals surface area contributed by atoms with E-state index in [0.29, 0.717) is 30.8 Å². The van der Waals surface area contributed by atoms with Gasteiger partial charge in [-0.05, 0) is 61.1 Å². The van der Waals surface area contributed by atoms with Crippen LogP contribution in [0.3, 0.4) is 0 Å². The van der Waals surface area contributed by atoms with Gasteiger partial charge in [-0.15, -0.1) is 0 Å². The van der Waals surface area contributed by atoms with Crippen LogP contribution in [0.4, 0.5) is 5.69 Å². The number of anilines is 1. The van der Waals surface area contributed by atoms with Crippen LogP contribution in [0.15, 0.2) is 83.8 Å². The molecule has 1 atom stereocenters. The van der Waals surface area contributed by atoms with Gasteiger partial charge >= 0.3 is 0 Å². The summed E-state index contributed by atoms with van der Waals surface area (Å²) in [4.78, 5) is 28.2. The quantitative estimate of drug-likeness (QED) is 0.373. The van der Waals surface area contributed by atoms with E-state index >= 15 is 0 Å². The molecule has 0 radical (unpaired) electrons. The number of aryl methyl sites for hydroxylation is 1. The van der Waals surface area contributed by atoms with E-state index in [9.17, 15) is 18.0 Å². The zero-order valence-electron chi connectivity index (χ0n) is 23.1. The lowest BCUT2D eigenvalue weighted by Gasteiger charge is -2.34. The van der Waals surface area contributed by atoms with Gasteiger partial charge in [-0.1, -0.05) is 73.9 Å². The van der Waals surface area contributed by atoms with Crippen LogP contribution in [0.2, 0.25) is 0 Å². The molecule has 2 amide bonds. The zero-order chi connectivity index (χ0) is 28.7. The highest BCUT2D eigenvalue weighted by Crippen LogP contribution is 2.33. The molecule has 1 fully saturated rings. The Hall–Kier alpha value is -3.69. The molecule has 1 aliphatic carbocycles. The Kier molecular flexibility index (Phi) is 9.36. The van der Waals surface area contributed by atoms with E-state index in [1.807, 2.05) is 48.5 Å². The molecular formula is C32H37N3O5S. The number of benzene rings is 3. The van der Waals surface area contributed by atoms with E-state index in [2.05, 4.69) is 10.0 Å². The summed E-state index contributed by atoms with van der Waals surface area (Å²) in [5.74, 6) is 0.112. The summed E-state index contributed by atoms with van der Waals surface area (Å²) >= 11 is 0. The van der Waals surface area contributed by atoms with Crippen LogP contribution in [-0.2, 0) is 32.5 Å². The molecule has 2 aliphatic rings. The highest BCUT2D eigenvalue weighted by molar-refractivity contribution is 7.89. The van der Waals surface area contributed by atoms with E-state index < -0.39 is 16.1 Å². The number of nitrogens with one attached hydrogen (secondary N) is 2. The van der Waals surface area contributed by atoms with E-state index in [1.54, 1.807) is 35.2 Å². The maximum atomic E-state index is 13.4. The van der Waals surface area contributed by atoms with Crippen molar-refractivity contribution in [1.82, 2.24) is 10.0 Å². The monoisotopic (exact) mass is 575 g/mol. The summed E-state index contributed by atoms with van der Waals surface area (Å²) in [5.41, 5.74) is 2.64. The van der Waals surface area contributed by atoms with Crippen LogP contribution in [0.25, 0.3) is 0 Å². The number of hydrogen-bond acceptors (Lipinski definition) is 5. The minimum Gasteiger partial charge on any atom is -0.477 e. The van der Waals surface area contributed by atoms with Crippen molar-refractivity contribution >= 4 is 27.5 Å². The third-order valence-electron chi connectivity index (χ3n) is 7.71. The lowest BCUT2D eigenvalue weighted by atomic mass is 9.96. The summed E-state index contributed by atoms with van der Waals surface area (Å²) in [6.07, 6.45) is 5.55. The fourth-order valence-corrected chi connectivity index (χ4v) is 6.73. The number of para-hydroxylation sites is 2. The van der Waals surface area contributed by atoms with E-state index in [0.717, 1.165) is 43.2 Å². The molecule has 1 heterocycles. The number of carbonyl (C=O) groups is 2. The number of ether oxygens (including phenoxy) is 1. The molecule has 3 aromatic carbocycles. The summed E-state index contributed by atoms with van der Waals surface area (Å²) < 4.78 is 34.4. The Bertz CT molecular complexity index is 1440. The molecule has 8 nitrogen and oxygen atoms in total. The Morgan fingerprint density at radius 1 is 0.829 bits per heavy atom. The van der Waals surface area contributed by atoms with Crippen LogP contribution in [0, 0.1) is 0 Å². The maximum absolute atomic E-state index is 13.4. The largest absolute Gasteiger partial charge is 0.477 e. The predicted molar refractivity (Wildman–Crippen MR) is 158 cm³/mol. The molecule has 0 aromatic heterocycles. The summed E-state index contributed by atoms with van der Waals surface area (Å²) in [7, 11) is -3.57. The van der Waals surface area contributed by atoms with Gasteiger partial charge in [0, 0.05) is 19.0 Å². The molecule has 2 N–H and O–H groups in total. The van der Waals surface area contributed by atoms with Crippen molar-refractivity contribution in [2.45, 2.75) is 68.4 Å². The molecule has 1 aliphatic heterocycles. The topological polar surface area (TPSA) is 105 Å². The predicted octanol–water partition coefficient (Wildman–Crippen LogP) is 4.38. The Balaban J connectivity index is 1.18. The molecule has 0 unspecified atom stereocenters. The second kappa shape index (κ2) is 13.3. The van der Waals surface area contributed by atoms with Crippen molar-refractivity contribution in [2.24, 2.45) is 0 Å². The molecule has 0 bridgehead atoms. The van der Waals surface area contributed by atoms with E-state index in [-0.39, 0.29) is 35.7 Å². The van der Waals surface area contributed by atoms with Gasteiger partial charge in [0.25, 0.3) is 5.91 Å². The van der Waals surface area contributed by atoms with Crippen LogP contribution in [0.1, 0.15) is 49.7 Å². The van der Waals surface area contributed by atoms with Crippen molar-refractivity contribution in [1.29, 1.82) is 0 Å². The summed E-state index contributed by atoms with van der Waals surface area (Å²) in [5, 5.41) is 2.94. The molecular weight excluding hydrogens is 538 g/mol. The van der Waals surface area contributed by atoms with Gasteiger partial charge in [0.1, 0.15) is 5.75 Å². The first-order valence-electron chi connectivity index (χ1n) is 14.4. The average Bonchev–Trinajstić information content (AvgIpc) is 3.00. The second-order valence-electron chi connectivity index (χ2n) is 10.7. The zero-order valence-corrected chi connectivity index (χ0v) is 23.9. The number of fused-ring (bicyclic) bond motifs is 1. The third-order valence-corrected chi connectivity index (χ3v) is 9.25. The van der Waals surface area contributed by atoms with Crippen molar-refractivity contribution in [3.05, 3.63) is 90.0 Å². The first kappa shape index (κ1) is 28.8. The van der Waals surface area contributed by atoms with E-state index in [4.69, 9.17) is 4.74 Å². The standard InChI is InChI=1S/C32H37N3O5S/c36-31(20-17-25-15-18-27(19-16-25)41(38,39)34-26-11-5-2-6-12-26)35-23-30(40-29-14-8-7-13-28(29)35)32(37)33-22-21-24-9-3-1-4-10-24/h1,3-4,7-10,13-16,18-19,26,30,34H,2,5-6,11-12,17,20-23H2,(H,33,37)/t30-/m1/s1. The molecule has 3 aromatic rings. The summed E-state index contributed by atoms with van der Waals surface area (Å²) in [6.45, 7) is 0.594. The second-order valence-corrected chi connectivity index (χ2v) is 12.4. The minimum atomic E-state index is -3.57. The van der Waals surface area contributed by atoms with Crippen LogP contribution >= 0.6 is 0 Å². The van der Waals surface area contributed by atoms with Gasteiger partial charge < -0.3 is 15.0 Å². The lowest BCUT2D eigenvalue weighted by Crippen LogP contribution is -2.51. The number of carbonyl (C=O) groups excluding carboxylic acids is 2. The third kappa shape index (κ3) is 7.54. The smallest absolute Gasteiger partial charge is 0.262 e. The van der Waals surface area contributed by atoms with Crippen LogP contribution < -0.4 is 19.7 Å². The van der Waals surface area contributed by atoms with Gasteiger partial charge in [0.2, 0.25) is 15.9 Å². The Labute approximate surface area is 242 Å². The van der Waals surface area contributed by atoms with Crippen molar-refractivity contribution in [3.8, 4) is 5.75 Å². The molecule has 9 heteroatoms. The fraction of sp³-hybridized carbons (Fsp3) is 0.375. The first-order chi connectivity index (χ1) is 19.9. The SMILES string of the molecule is O=C(NCCc1ccccc1)[C@H]1CN(C(=O)CCc2ccc(S(=O)(=O)NC3CCCCC3)cc2)c2ccccc2O1.